The summed E-state index contributed by atoms with van der Waals surface area (Å²) in [6.45, 7) is 3.97. The summed E-state index contributed by atoms with van der Waals surface area (Å²) in [6, 6.07) is 4.16. The number of amides is 1. The molecule has 2 aliphatic rings. The summed E-state index contributed by atoms with van der Waals surface area (Å²) in [5.41, 5.74) is 8.58. The predicted octanol–water partition coefficient (Wildman–Crippen LogP) is 3.41. The highest BCUT2D eigenvalue weighted by molar-refractivity contribution is 9.10. The number of nitrogens with two attached hydrogens (primary N) is 1. The molecule has 2 N–H and O–H groups in total. The number of carbonyl (C=O) groups is 1. The summed E-state index contributed by atoms with van der Waals surface area (Å²) < 4.78 is 8.93. The highest BCUT2D eigenvalue weighted by atomic mass is 79.9. The summed E-state index contributed by atoms with van der Waals surface area (Å²) in [6.07, 6.45) is 5.49. The van der Waals surface area contributed by atoms with Crippen molar-refractivity contribution in [3.8, 4) is 5.75 Å². The van der Waals surface area contributed by atoms with Crippen molar-refractivity contribution in [3.05, 3.63) is 22.9 Å². The maximum Gasteiger partial charge on any atom is 0.209 e. The molecule has 3 aromatic rings. The average molecular weight is 532 g/mol. The zero-order chi connectivity index (χ0) is 22.9. The lowest BCUT2D eigenvalue weighted by atomic mass is 9.94. The Balaban J connectivity index is 1.44. The van der Waals surface area contributed by atoms with E-state index >= 15 is 0 Å². The van der Waals surface area contributed by atoms with Gasteiger partial charge in [-0.05, 0) is 53.2 Å². The largest absolute Gasteiger partial charge is 0.490 e. The van der Waals surface area contributed by atoms with Gasteiger partial charge in [0.15, 0.2) is 22.1 Å². The molecule has 2 aliphatic heterocycles. The van der Waals surface area contributed by atoms with Crippen molar-refractivity contribution in [2.45, 2.75) is 35.9 Å². The van der Waals surface area contributed by atoms with Crippen LogP contribution in [0.15, 0.2) is 33.0 Å². The minimum atomic E-state index is 0.387. The maximum atomic E-state index is 11.0. The fourth-order valence-corrected chi connectivity index (χ4v) is 5.91. The Morgan fingerprint density at radius 2 is 2.09 bits per heavy atom. The summed E-state index contributed by atoms with van der Waals surface area (Å²) in [5.74, 6) is 1.83. The van der Waals surface area contributed by atoms with Gasteiger partial charge in [-0.1, -0.05) is 11.8 Å². The molecule has 0 saturated carbocycles. The molecule has 1 aromatic carbocycles. The van der Waals surface area contributed by atoms with Crippen LogP contribution in [0.25, 0.3) is 11.2 Å². The molecule has 5 rings (SSSR count). The van der Waals surface area contributed by atoms with Gasteiger partial charge in [0.1, 0.15) is 18.7 Å². The minimum Gasteiger partial charge on any atom is -0.490 e. The molecule has 1 amide bonds. The molecule has 0 spiro atoms. The van der Waals surface area contributed by atoms with E-state index in [1.54, 1.807) is 11.8 Å². The second kappa shape index (κ2) is 9.38. The zero-order valence-corrected chi connectivity index (χ0v) is 20.8. The molecule has 0 bridgehead atoms. The molecule has 9 nitrogen and oxygen atoms in total. The van der Waals surface area contributed by atoms with Gasteiger partial charge in [-0.3, -0.25) is 4.79 Å². The monoisotopic (exact) mass is 531 g/mol. The SMILES string of the molecule is CN1CCOc2cc(Br)c(Sc3nc4c(N)ncnc4n3CCC3CCN(C=O)CC3)cc21. The number of fused-ring (bicyclic) bond motifs is 2. The number of nitrogen functional groups attached to an aromatic ring is 1. The van der Waals surface area contributed by atoms with E-state index in [9.17, 15) is 4.79 Å². The highest BCUT2D eigenvalue weighted by Gasteiger charge is 2.23. The van der Waals surface area contributed by atoms with Gasteiger partial charge in [0.05, 0.1) is 12.2 Å². The number of likely N-dealkylation sites (N-methyl/N-ethyl adjacent to an activating group) is 1. The van der Waals surface area contributed by atoms with Crippen molar-refractivity contribution in [3.63, 3.8) is 0 Å². The second-order valence-corrected chi connectivity index (χ2v) is 10.3. The first kappa shape index (κ1) is 22.3. The number of ether oxygens (including phenoxy) is 1. The van der Waals surface area contributed by atoms with Crippen LogP contribution in [0.3, 0.4) is 0 Å². The number of aromatic nitrogens is 4. The van der Waals surface area contributed by atoms with Crippen LogP contribution in [-0.2, 0) is 11.3 Å². The number of imidazole rings is 1. The lowest BCUT2D eigenvalue weighted by Gasteiger charge is -2.29. The van der Waals surface area contributed by atoms with Crippen molar-refractivity contribution in [1.29, 1.82) is 0 Å². The first-order valence-electron chi connectivity index (χ1n) is 11.0. The van der Waals surface area contributed by atoms with Crippen LogP contribution in [0.1, 0.15) is 19.3 Å². The summed E-state index contributed by atoms with van der Waals surface area (Å²) in [7, 11) is 2.07. The van der Waals surface area contributed by atoms with Gasteiger partial charge in [0, 0.05) is 36.1 Å². The first-order chi connectivity index (χ1) is 16.0. The van der Waals surface area contributed by atoms with Gasteiger partial charge >= 0.3 is 0 Å². The van der Waals surface area contributed by atoms with Gasteiger partial charge in [0.25, 0.3) is 0 Å². The quantitative estimate of drug-likeness (QED) is 0.482. The third-order valence-corrected chi connectivity index (χ3v) is 8.37. The standard InChI is InChI=1S/C22H26BrN7O2S/c1-28-8-9-32-17-10-15(23)18(11-16(17)28)33-22-27-19-20(24)25-12-26-21(19)30(22)7-4-14-2-5-29(13-31)6-3-14/h10-14H,2-9H2,1H3,(H2,24,25,26). The molecular weight excluding hydrogens is 506 g/mol. The van der Waals surface area contributed by atoms with E-state index in [1.165, 1.54) is 6.33 Å². The van der Waals surface area contributed by atoms with Crippen molar-refractivity contribution >= 4 is 56.8 Å². The normalized spacial score (nSPS) is 16.7. The average Bonchev–Trinajstić information content (AvgIpc) is 3.17. The number of halogens is 1. The van der Waals surface area contributed by atoms with E-state index in [0.717, 1.165) is 83.5 Å². The topological polar surface area (TPSA) is 102 Å². The Hall–Kier alpha value is -2.53. The molecule has 0 radical (unpaired) electrons. The Kier molecular flexibility index (Phi) is 6.33. The molecule has 0 unspecified atom stereocenters. The molecule has 33 heavy (non-hydrogen) atoms. The lowest BCUT2D eigenvalue weighted by Crippen LogP contribution is -2.32. The number of hydrogen-bond donors (Lipinski definition) is 1. The lowest BCUT2D eigenvalue weighted by molar-refractivity contribution is -0.119. The fraction of sp³-hybridized carbons (Fsp3) is 0.455. The van der Waals surface area contributed by atoms with Crippen molar-refractivity contribution < 1.29 is 9.53 Å². The number of carbonyl (C=O) groups excluding carboxylic acids is 1. The van der Waals surface area contributed by atoms with E-state index in [0.29, 0.717) is 23.9 Å². The van der Waals surface area contributed by atoms with Crippen LogP contribution in [0, 0.1) is 5.92 Å². The third-order valence-electron chi connectivity index (χ3n) is 6.39. The smallest absolute Gasteiger partial charge is 0.209 e. The van der Waals surface area contributed by atoms with E-state index in [4.69, 9.17) is 15.5 Å². The van der Waals surface area contributed by atoms with E-state index in [2.05, 4.69) is 48.5 Å². The first-order valence-corrected chi connectivity index (χ1v) is 12.7. The van der Waals surface area contributed by atoms with Crippen LogP contribution in [0.5, 0.6) is 5.75 Å². The summed E-state index contributed by atoms with van der Waals surface area (Å²) in [5, 5.41) is 0.836. The molecule has 2 aromatic heterocycles. The van der Waals surface area contributed by atoms with Gasteiger partial charge in [-0.15, -0.1) is 0 Å². The molecule has 4 heterocycles. The molecule has 1 saturated heterocycles. The number of benzene rings is 1. The van der Waals surface area contributed by atoms with E-state index in [-0.39, 0.29) is 0 Å². The number of likely N-dealkylation sites (tertiary alicyclic amines) is 1. The van der Waals surface area contributed by atoms with Crippen LogP contribution < -0.4 is 15.4 Å². The Bertz CT molecular complexity index is 1180. The molecule has 174 valence electrons. The molecule has 11 heteroatoms. The minimum absolute atomic E-state index is 0.387. The number of aryl methyl sites for hydroxylation is 1. The molecule has 0 atom stereocenters. The number of piperidine rings is 1. The number of nitrogens with zero attached hydrogens (tertiary/aromatic N) is 6. The highest BCUT2D eigenvalue weighted by Crippen LogP contribution is 2.42. The van der Waals surface area contributed by atoms with Crippen LogP contribution >= 0.6 is 27.7 Å². The zero-order valence-electron chi connectivity index (χ0n) is 18.4. The van der Waals surface area contributed by atoms with E-state index < -0.39 is 0 Å². The Morgan fingerprint density at radius 1 is 1.27 bits per heavy atom. The second-order valence-electron chi connectivity index (χ2n) is 8.47. The van der Waals surface area contributed by atoms with Crippen molar-refractivity contribution in [2.75, 3.05) is 43.9 Å². The number of rotatable bonds is 6. The van der Waals surface area contributed by atoms with Crippen molar-refractivity contribution in [2.24, 2.45) is 5.92 Å². The van der Waals surface area contributed by atoms with E-state index in [1.807, 2.05) is 11.0 Å². The molecule has 0 aliphatic carbocycles. The summed E-state index contributed by atoms with van der Waals surface area (Å²) in [4.78, 5) is 29.6. The Labute approximate surface area is 204 Å². The molecule has 1 fully saturated rings. The molecular formula is C22H26BrN7O2S. The fourth-order valence-electron chi connectivity index (χ4n) is 4.40. The van der Waals surface area contributed by atoms with Gasteiger partial charge in [-0.2, -0.15) is 0 Å². The number of anilines is 2. The van der Waals surface area contributed by atoms with Crippen molar-refractivity contribution in [1.82, 2.24) is 24.4 Å². The van der Waals surface area contributed by atoms with Crippen LogP contribution in [-0.4, -0.2) is 64.1 Å². The van der Waals surface area contributed by atoms with Gasteiger partial charge in [0.2, 0.25) is 6.41 Å². The predicted molar refractivity (Wildman–Crippen MR) is 132 cm³/mol. The van der Waals surface area contributed by atoms with Gasteiger partial charge in [-0.25, -0.2) is 15.0 Å². The van der Waals surface area contributed by atoms with Crippen LogP contribution in [0.4, 0.5) is 11.5 Å². The number of hydrogen-bond acceptors (Lipinski definition) is 8. The van der Waals surface area contributed by atoms with Gasteiger partial charge < -0.3 is 24.8 Å². The van der Waals surface area contributed by atoms with Crippen LogP contribution in [0.2, 0.25) is 0 Å². The Morgan fingerprint density at radius 3 is 2.88 bits per heavy atom. The summed E-state index contributed by atoms with van der Waals surface area (Å²) >= 11 is 5.29. The maximum absolute atomic E-state index is 11.0. The third kappa shape index (κ3) is 4.48.